The number of pyridine rings is 1. The summed E-state index contributed by atoms with van der Waals surface area (Å²) in [6, 6.07) is 12.4. The summed E-state index contributed by atoms with van der Waals surface area (Å²) in [7, 11) is 2.03. The van der Waals surface area contributed by atoms with Crippen molar-refractivity contribution in [2.24, 2.45) is 7.05 Å². The highest BCUT2D eigenvalue weighted by atomic mass is 14.9. The molecule has 1 nitrogen and oxygen atoms in total. The summed E-state index contributed by atoms with van der Waals surface area (Å²) in [5.74, 6) is 0. The second-order valence-corrected chi connectivity index (χ2v) is 3.44. The lowest BCUT2D eigenvalue weighted by Crippen LogP contribution is -2.30. The van der Waals surface area contributed by atoms with Gasteiger partial charge in [-0.1, -0.05) is 18.2 Å². The van der Waals surface area contributed by atoms with Crippen LogP contribution in [0.2, 0.25) is 0 Å². The lowest BCUT2D eigenvalue weighted by molar-refractivity contribution is -0.660. The Hall–Kier alpha value is -1.63. The Bertz CT molecular complexity index is 492. The normalized spacial score (nSPS) is 11.1. The van der Waals surface area contributed by atoms with Crippen LogP contribution in [0.25, 0.3) is 11.3 Å². The maximum Gasteiger partial charge on any atom is 0.212 e. The smallest absolute Gasteiger partial charge is 0.201 e. The Kier molecular flexibility index (Phi) is 2.00. The monoisotopic (exact) mass is 185 g/mol. The molecule has 0 bridgehead atoms. The quantitative estimate of drug-likeness (QED) is 0.601. The minimum absolute atomic E-state index is 0.565. The summed E-state index contributed by atoms with van der Waals surface area (Å²) >= 11 is 0. The van der Waals surface area contributed by atoms with Crippen LogP contribution < -0.4 is 4.57 Å². The Labute approximate surface area is 86.1 Å². The summed E-state index contributed by atoms with van der Waals surface area (Å²) in [6.45, 7) is 2.04. The maximum atomic E-state index is 7.54. The number of aromatic nitrogens is 1. The molecular weight excluding hydrogens is 170 g/mol. The second-order valence-electron chi connectivity index (χ2n) is 3.44. The largest absolute Gasteiger partial charge is 0.212 e. The topological polar surface area (TPSA) is 3.88 Å². The van der Waals surface area contributed by atoms with Crippen molar-refractivity contribution in [1.29, 1.82) is 0 Å². The molecule has 0 unspecified atom stereocenters. The van der Waals surface area contributed by atoms with E-state index in [1.165, 1.54) is 11.3 Å². The molecule has 1 aromatic heterocycles. The van der Waals surface area contributed by atoms with Gasteiger partial charge in [-0.25, -0.2) is 4.57 Å². The highest BCUT2D eigenvalue weighted by Gasteiger charge is 2.09. The number of aryl methyl sites for hydroxylation is 2. The van der Waals surface area contributed by atoms with E-state index in [0.29, 0.717) is 6.04 Å². The molecule has 0 saturated carbocycles. The first-order chi connectivity index (χ1) is 7.18. The number of hydrogen-bond acceptors (Lipinski definition) is 0. The molecule has 0 radical (unpaired) electrons. The van der Waals surface area contributed by atoms with Crippen molar-refractivity contribution in [2.75, 3.05) is 0 Å². The van der Waals surface area contributed by atoms with Crippen LogP contribution in [0.15, 0.2) is 48.6 Å². The highest BCUT2D eigenvalue weighted by Crippen LogP contribution is 2.18. The molecule has 2 rings (SSSR count). The summed E-state index contributed by atoms with van der Waals surface area (Å²) in [5, 5.41) is 0. The van der Waals surface area contributed by atoms with Crippen molar-refractivity contribution >= 4 is 0 Å². The van der Waals surface area contributed by atoms with Gasteiger partial charge < -0.3 is 0 Å². The van der Waals surface area contributed by atoms with Gasteiger partial charge in [0, 0.05) is 17.7 Å². The van der Waals surface area contributed by atoms with Gasteiger partial charge in [-0.2, -0.15) is 0 Å². The highest BCUT2D eigenvalue weighted by molar-refractivity contribution is 5.60. The van der Waals surface area contributed by atoms with Crippen molar-refractivity contribution in [3.05, 3.63) is 54.2 Å². The Morgan fingerprint density at radius 2 is 2.00 bits per heavy atom. The fraction of sp³-hybridized carbons (Fsp3) is 0.154. The zero-order valence-corrected chi connectivity index (χ0v) is 8.49. The third kappa shape index (κ3) is 1.53. The molecule has 14 heavy (non-hydrogen) atoms. The maximum absolute atomic E-state index is 7.54. The molecule has 1 heterocycles. The van der Waals surface area contributed by atoms with E-state index in [4.69, 9.17) is 1.37 Å². The van der Waals surface area contributed by atoms with Crippen molar-refractivity contribution in [2.45, 2.75) is 6.92 Å². The van der Waals surface area contributed by atoms with Crippen molar-refractivity contribution in [3.8, 4) is 11.3 Å². The lowest BCUT2D eigenvalue weighted by Gasteiger charge is -2.02. The molecule has 0 aliphatic carbocycles. The molecule has 0 spiro atoms. The number of nitrogens with zero attached hydrogens (tertiary/aromatic N) is 1. The van der Waals surface area contributed by atoms with Gasteiger partial charge in [-0.3, -0.25) is 0 Å². The first-order valence-corrected chi connectivity index (χ1v) is 4.71. The van der Waals surface area contributed by atoms with E-state index in [1.807, 2.05) is 50.5 Å². The summed E-state index contributed by atoms with van der Waals surface area (Å²) in [4.78, 5) is 0. The molecule has 0 aliphatic heterocycles. The Morgan fingerprint density at radius 3 is 2.71 bits per heavy atom. The van der Waals surface area contributed by atoms with Crippen LogP contribution in [0.3, 0.4) is 0 Å². The summed E-state index contributed by atoms with van der Waals surface area (Å²) in [5.41, 5.74) is 3.51. The first kappa shape index (κ1) is 7.74. The molecule has 1 heteroatoms. The van der Waals surface area contributed by atoms with E-state index in [0.717, 1.165) is 5.56 Å². The minimum atomic E-state index is 0.565. The second kappa shape index (κ2) is 3.62. The van der Waals surface area contributed by atoms with Crippen LogP contribution in [0.5, 0.6) is 0 Å². The van der Waals surface area contributed by atoms with Crippen molar-refractivity contribution < 1.29 is 5.94 Å². The van der Waals surface area contributed by atoms with Gasteiger partial charge in [0.15, 0.2) is 6.20 Å². The molecule has 0 aliphatic rings. The van der Waals surface area contributed by atoms with E-state index in [-0.39, 0.29) is 0 Å². The van der Waals surface area contributed by atoms with Gasteiger partial charge >= 0.3 is 0 Å². The zero-order chi connectivity index (χ0) is 10.8. The van der Waals surface area contributed by atoms with E-state index in [9.17, 15) is 0 Å². The van der Waals surface area contributed by atoms with E-state index < -0.39 is 0 Å². The third-order valence-corrected chi connectivity index (χ3v) is 2.40. The molecule has 0 amide bonds. The van der Waals surface area contributed by atoms with Crippen LogP contribution in [-0.4, -0.2) is 0 Å². The van der Waals surface area contributed by atoms with Crippen molar-refractivity contribution in [1.82, 2.24) is 0 Å². The fourth-order valence-corrected chi connectivity index (χ4v) is 1.60. The molecule has 2 aromatic rings. The van der Waals surface area contributed by atoms with Gasteiger partial charge in [0.25, 0.3) is 0 Å². The number of rotatable bonds is 1. The SMILES string of the molecule is [2H]c1ccc(-c2cccc[n+]2C)c(C)c1. The predicted octanol–water partition coefficient (Wildman–Crippen LogP) is 2.49. The minimum Gasteiger partial charge on any atom is -0.201 e. The van der Waals surface area contributed by atoms with Gasteiger partial charge in [0.2, 0.25) is 5.69 Å². The van der Waals surface area contributed by atoms with Gasteiger partial charge in [0.1, 0.15) is 7.05 Å². The molecule has 0 saturated heterocycles. The average molecular weight is 185 g/mol. The summed E-state index contributed by atoms with van der Waals surface area (Å²) < 4.78 is 9.63. The molecule has 0 fully saturated rings. The van der Waals surface area contributed by atoms with Crippen LogP contribution in [0.1, 0.15) is 6.93 Å². The molecule has 70 valence electrons. The van der Waals surface area contributed by atoms with Crippen LogP contribution >= 0.6 is 0 Å². The first-order valence-electron chi connectivity index (χ1n) is 5.21. The molecule has 0 N–H and O–H groups in total. The fourth-order valence-electron chi connectivity index (χ4n) is 1.60. The summed E-state index contributed by atoms with van der Waals surface area (Å²) in [6.07, 6.45) is 2.03. The zero-order valence-electron chi connectivity index (χ0n) is 9.49. The Balaban J connectivity index is 2.60. The van der Waals surface area contributed by atoms with E-state index in [1.54, 1.807) is 0 Å². The van der Waals surface area contributed by atoms with Gasteiger partial charge in [-0.15, -0.1) is 0 Å². The molecule has 0 atom stereocenters. The van der Waals surface area contributed by atoms with Crippen LogP contribution in [-0.2, 0) is 7.05 Å². The van der Waals surface area contributed by atoms with Gasteiger partial charge in [0.05, 0.1) is 1.37 Å². The lowest BCUT2D eigenvalue weighted by atomic mass is 10.1. The van der Waals surface area contributed by atoms with Crippen LogP contribution in [0.4, 0.5) is 0 Å². The number of benzene rings is 1. The Morgan fingerprint density at radius 1 is 1.14 bits per heavy atom. The molecule has 1 aromatic carbocycles. The standard InChI is InChI=1S/C13H14N/c1-11-7-3-4-8-12(11)13-9-5-6-10-14(13)2/h3-10H,1-2H3/q+1/i3D. The number of hydrogen-bond donors (Lipinski definition) is 0. The molecular formula is C13H14N+. The van der Waals surface area contributed by atoms with E-state index >= 15 is 0 Å². The van der Waals surface area contributed by atoms with Crippen molar-refractivity contribution in [3.63, 3.8) is 0 Å². The van der Waals surface area contributed by atoms with Gasteiger partial charge in [-0.05, 0) is 24.6 Å². The van der Waals surface area contributed by atoms with Crippen LogP contribution in [0, 0.1) is 6.92 Å². The predicted molar refractivity (Wildman–Crippen MR) is 57.8 cm³/mol. The third-order valence-electron chi connectivity index (χ3n) is 2.40. The average Bonchev–Trinajstić information content (AvgIpc) is 2.20. The van der Waals surface area contributed by atoms with E-state index in [2.05, 4.69) is 10.6 Å².